The number of nitrogens with one attached hydrogen (secondary N) is 1. The van der Waals surface area contributed by atoms with Gasteiger partial charge in [-0.25, -0.2) is 4.79 Å². The number of carboxylic acids is 1. The molecule has 3 atom stereocenters. The zero-order valence-electron chi connectivity index (χ0n) is 12.4. The third kappa shape index (κ3) is 2.77. The number of nitrogens with zero attached hydrogens (tertiary/aromatic N) is 1. The molecule has 0 unspecified atom stereocenters. The predicted octanol–water partition coefficient (Wildman–Crippen LogP) is -0.0955. The van der Waals surface area contributed by atoms with Crippen molar-refractivity contribution in [2.45, 2.75) is 17.5 Å². The normalized spacial score (nSPS) is 24.1. The molecule has 126 valence electrons. The Kier molecular flexibility index (Phi) is 4.53. The summed E-state index contributed by atoms with van der Waals surface area (Å²) >= 11 is 7.23. The van der Waals surface area contributed by atoms with Crippen molar-refractivity contribution in [1.82, 2.24) is 10.2 Å². The van der Waals surface area contributed by atoms with Gasteiger partial charge in [-0.2, -0.15) is 0 Å². The molecule has 0 aromatic heterocycles. The number of β-lactam (4-membered cyclic amide) rings is 1. The maximum Gasteiger partial charge on any atom is 0.353 e. The fourth-order valence-electron chi connectivity index (χ4n) is 2.67. The maximum absolute atomic E-state index is 12.3. The second-order valence-electron chi connectivity index (χ2n) is 5.42. The lowest BCUT2D eigenvalue weighted by Crippen LogP contribution is -2.72. The van der Waals surface area contributed by atoms with Gasteiger partial charge in [0.05, 0.1) is 5.03 Å². The van der Waals surface area contributed by atoms with E-state index in [4.69, 9.17) is 11.6 Å². The molecule has 1 fully saturated rings. The Labute approximate surface area is 146 Å². The summed E-state index contributed by atoms with van der Waals surface area (Å²) in [5.41, 5.74) is 4.37. The SMILES string of the molecule is [NH3+][C@@H](C(=O)N[C@@H]1C(=O)N2C(C(=O)O)=C(Cl)CS[C@H]12)c1ccccc1. The Balaban J connectivity index is 1.71. The number of quaternary nitrogens is 1. The molecule has 0 radical (unpaired) electrons. The third-order valence-electron chi connectivity index (χ3n) is 3.94. The van der Waals surface area contributed by atoms with Gasteiger partial charge in [-0.15, -0.1) is 11.8 Å². The minimum absolute atomic E-state index is 0.126. The summed E-state index contributed by atoms with van der Waals surface area (Å²) in [5, 5.41) is 11.5. The van der Waals surface area contributed by atoms with Gasteiger partial charge in [0, 0.05) is 11.3 Å². The van der Waals surface area contributed by atoms with E-state index in [1.807, 2.05) is 6.07 Å². The number of aliphatic carboxylic acids is 1. The Bertz CT molecular complexity index is 739. The number of carbonyl (C=O) groups excluding carboxylic acids is 2. The minimum atomic E-state index is -1.25. The third-order valence-corrected chi connectivity index (χ3v) is 5.69. The standard InChI is InChI=1S/C15H14ClN3O4S/c16-8-6-24-14-10(13(21)19(14)11(8)15(22)23)18-12(20)9(17)7-4-2-1-3-5-7/h1-5,9-10,14H,6,17H2,(H,18,20)(H,22,23)/p+1/t9-,10-,14-/m1/s1. The first kappa shape index (κ1) is 16.8. The summed E-state index contributed by atoms with van der Waals surface area (Å²) in [6, 6.07) is 7.59. The lowest BCUT2D eigenvalue weighted by Gasteiger charge is -2.48. The van der Waals surface area contributed by atoms with Crippen molar-refractivity contribution in [2.75, 3.05) is 5.75 Å². The highest BCUT2D eigenvalue weighted by Gasteiger charge is 2.54. The maximum atomic E-state index is 12.3. The van der Waals surface area contributed by atoms with Crippen LogP contribution in [0.1, 0.15) is 11.6 Å². The van der Waals surface area contributed by atoms with Crippen LogP contribution in [0.2, 0.25) is 0 Å². The van der Waals surface area contributed by atoms with E-state index in [9.17, 15) is 19.5 Å². The van der Waals surface area contributed by atoms with E-state index in [1.54, 1.807) is 24.3 Å². The van der Waals surface area contributed by atoms with E-state index in [0.717, 1.165) is 10.5 Å². The molecule has 0 bridgehead atoms. The number of amides is 2. The summed E-state index contributed by atoms with van der Waals surface area (Å²) in [7, 11) is 0. The van der Waals surface area contributed by atoms with Crippen molar-refractivity contribution in [1.29, 1.82) is 0 Å². The summed E-state index contributed by atoms with van der Waals surface area (Å²) < 4.78 is 0. The van der Waals surface area contributed by atoms with Crippen LogP contribution in [0, 0.1) is 0 Å². The molecule has 1 aromatic carbocycles. The van der Waals surface area contributed by atoms with Gasteiger partial charge in [-0.05, 0) is 0 Å². The van der Waals surface area contributed by atoms with Crippen LogP contribution in [0.5, 0.6) is 0 Å². The van der Waals surface area contributed by atoms with Crippen molar-refractivity contribution >= 4 is 41.1 Å². The molecule has 1 saturated heterocycles. The fraction of sp³-hybridized carbons (Fsp3) is 0.267. The highest BCUT2D eigenvalue weighted by Crippen LogP contribution is 2.41. The summed E-state index contributed by atoms with van der Waals surface area (Å²) in [5.74, 6) is -1.81. The lowest BCUT2D eigenvalue weighted by atomic mass is 10.0. The Morgan fingerprint density at radius 1 is 1.38 bits per heavy atom. The van der Waals surface area contributed by atoms with Gasteiger partial charge in [-0.3, -0.25) is 14.5 Å². The molecule has 2 heterocycles. The summed E-state index contributed by atoms with van der Waals surface area (Å²) in [6.07, 6.45) is 0. The van der Waals surface area contributed by atoms with E-state index in [0.29, 0.717) is 0 Å². The first-order valence-corrected chi connectivity index (χ1v) is 8.59. The smallest absolute Gasteiger partial charge is 0.353 e. The number of halogens is 1. The van der Waals surface area contributed by atoms with Crippen LogP contribution in [-0.2, 0) is 14.4 Å². The minimum Gasteiger partial charge on any atom is -0.477 e. The first-order chi connectivity index (χ1) is 11.4. The largest absolute Gasteiger partial charge is 0.477 e. The van der Waals surface area contributed by atoms with E-state index in [1.165, 1.54) is 11.8 Å². The molecule has 2 aliphatic rings. The van der Waals surface area contributed by atoms with Crippen molar-refractivity contribution in [3.63, 3.8) is 0 Å². The molecular formula is C15H15ClN3O4S+. The zero-order chi connectivity index (χ0) is 17.4. The number of hydrogen-bond donors (Lipinski definition) is 3. The number of thioether (sulfide) groups is 1. The lowest BCUT2D eigenvalue weighted by molar-refractivity contribution is -0.409. The molecule has 2 amide bonds. The molecule has 7 nitrogen and oxygen atoms in total. The predicted molar refractivity (Wildman–Crippen MR) is 87.6 cm³/mol. The molecule has 5 N–H and O–H groups in total. The number of benzene rings is 1. The van der Waals surface area contributed by atoms with Crippen LogP contribution < -0.4 is 11.1 Å². The highest BCUT2D eigenvalue weighted by atomic mass is 35.5. The molecule has 1 aromatic rings. The van der Waals surface area contributed by atoms with Gasteiger partial charge >= 0.3 is 5.97 Å². The number of rotatable bonds is 4. The number of hydrogen-bond acceptors (Lipinski definition) is 4. The average Bonchev–Trinajstić information content (AvgIpc) is 2.59. The number of carbonyl (C=O) groups is 3. The Morgan fingerprint density at radius 3 is 2.67 bits per heavy atom. The van der Waals surface area contributed by atoms with Crippen LogP contribution >= 0.6 is 23.4 Å². The number of carboxylic acid groups (broad SMARTS) is 1. The van der Waals surface area contributed by atoms with Crippen molar-refractivity contribution in [3.8, 4) is 0 Å². The van der Waals surface area contributed by atoms with Gasteiger partial charge in [0.2, 0.25) is 0 Å². The van der Waals surface area contributed by atoms with Gasteiger partial charge in [0.25, 0.3) is 11.8 Å². The molecule has 3 rings (SSSR count). The molecule has 2 aliphatic heterocycles. The molecular weight excluding hydrogens is 354 g/mol. The van der Waals surface area contributed by atoms with Gasteiger partial charge in [-0.1, -0.05) is 41.9 Å². The van der Waals surface area contributed by atoms with Crippen molar-refractivity contribution < 1.29 is 25.2 Å². The molecule has 0 aliphatic carbocycles. The van der Waals surface area contributed by atoms with Crippen LogP contribution in [0.15, 0.2) is 41.1 Å². The van der Waals surface area contributed by atoms with E-state index < -0.39 is 29.3 Å². The molecule has 0 spiro atoms. The Hall–Kier alpha value is -2.03. The van der Waals surface area contributed by atoms with Gasteiger partial charge in [0.1, 0.15) is 17.1 Å². The van der Waals surface area contributed by atoms with E-state index in [2.05, 4.69) is 11.1 Å². The molecule has 0 saturated carbocycles. The summed E-state index contributed by atoms with van der Waals surface area (Å²) in [4.78, 5) is 37.0. The number of fused-ring (bicyclic) bond motifs is 1. The van der Waals surface area contributed by atoms with Crippen LogP contribution in [0.3, 0.4) is 0 Å². The second kappa shape index (κ2) is 6.46. The topological polar surface area (TPSA) is 114 Å². The Morgan fingerprint density at radius 2 is 2.04 bits per heavy atom. The van der Waals surface area contributed by atoms with E-state index >= 15 is 0 Å². The van der Waals surface area contributed by atoms with Crippen molar-refractivity contribution in [2.24, 2.45) is 0 Å². The van der Waals surface area contributed by atoms with Crippen molar-refractivity contribution in [3.05, 3.63) is 46.6 Å². The highest BCUT2D eigenvalue weighted by molar-refractivity contribution is 8.00. The average molecular weight is 369 g/mol. The first-order valence-electron chi connectivity index (χ1n) is 7.17. The van der Waals surface area contributed by atoms with Crippen LogP contribution in [0.4, 0.5) is 0 Å². The van der Waals surface area contributed by atoms with Crippen LogP contribution in [-0.4, -0.2) is 45.0 Å². The molecule has 24 heavy (non-hydrogen) atoms. The summed E-state index contributed by atoms with van der Waals surface area (Å²) in [6.45, 7) is 0. The second-order valence-corrected chi connectivity index (χ2v) is 6.98. The monoisotopic (exact) mass is 368 g/mol. The fourth-order valence-corrected chi connectivity index (χ4v) is 4.22. The quantitative estimate of drug-likeness (QED) is 0.642. The van der Waals surface area contributed by atoms with Crippen LogP contribution in [0.25, 0.3) is 0 Å². The zero-order valence-corrected chi connectivity index (χ0v) is 14.0. The molecule has 9 heteroatoms. The van der Waals surface area contributed by atoms with Gasteiger partial charge < -0.3 is 16.2 Å². The van der Waals surface area contributed by atoms with E-state index in [-0.39, 0.29) is 22.4 Å². The van der Waals surface area contributed by atoms with Gasteiger partial charge in [0.15, 0.2) is 6.04 Å².